The number of carbonyl (C=O) groups excluding carboxylic acids is 2. The van der Waals surface area contributed by atoms with Crippen LogP contribution in [0.3, 0.4) is 0 Å². The van der Waals surface area contributed by atoms with Crippen molar-refractivity contribution in [2.24, 2.45) is 5.92 Å². The van der Waals surface area contributed by atoms with Crippen LogP contribution in [0.4, 0.5) is 0 Å². The molecule has 2 aromatic carbocycles. The Labute approximate surface area is 165 Å². The van der Waals surface area contributed by atoms with Crippen LogP contribution < -0.4 is 5.32 Å². The van der Waals surface area contributed by atoms with E-state index in [1.54, 1.807) is 0 Å². The van der Waals surface area contributed by atoms with E-state index in [0.717, 1.165) is 11.1 Å². The monoisotopic (exact) mass is 384 g/mol. The molecule has 5 heteroatoms. The van der Waals surface area contributed by atoms with Gasteiger partial charge in [-0.1, -0.05) is 53.6 Å². The van der Waals surface area contributed by atoms with Gasteiger partial charge in [0.1, 0.15) is 0 Å². The highest BCUT2D eigenvalue weighted by Crippen LogP contribution is 2.19. The smallest absolute Gasteiger partial charge is 0.226 e. The van der Waals surface area contributed by atoms with Gasteiger partial charge in [-0.15, -0.1) is 0 Å². The Kier molecular flexibility index (Phi) is 6.51. The first-order valence-corrected chi connectivity index (χ1v) is 9.74. The normalized spacial score (nSPS) is 14.8. The third-order valence-electron chi connectivity index (χ3n) is 5.07. The second-order valence-electron chi connectivity index (χ2n) is 7.16. The third-order valence-corrected chi connectivity index (χ3v) is 5.33. The largest absolute Gasteiger partial charge is 0.352 e. The summed E-state index contributed by atoms with van der Waals surface area (Å²) in [5.41, 5.74) is 3.25. The van der Waals surface area contributed by atoms with Gasteiger partial charge in [0.25, 0.3) is 0 Å². The van der Waals surface area contributed by atoms with Crippen LogP contribution >= 0.6 is 11.6 Å². The number of piperidine rings is 1. The number of hydrogen-bond donors (Lipinski definition) is 1. The fourth-order valence-electron chi connectivity index (χ4n) is 3.32. The van der Waals surface area contributed by atoms with Gasteiger partial charge in [-0.25, -0.2) is 0 Å². The zero-order valence-corrected chi connectivity index (χ0v) is 16.3. The average molecular weight is 385 g/mol. The molecule has 3 rings (SSSR count). The van der Waals surface area contributed by atoms with Crippen molar-refractivity contribution in [2.45, 2.75) is 32.7 Å². The van der Waals surface area contributed by atoms with Gasteiger partial charge in [-0.2, -0.15) is 0 Å². The first-order chi connectivity index (χ1) is 13.0. The summed E-state index contributed by atoms with van der Waals surface area (Å²) in [4.78, 5) is 26.8. The molecule has 1 saturated heterocycles. The Morgan fingerprint density at radius 2 is 1.59 bits per heavy atom. The standard InChI is InChI=1S/C22H25ClN2O2/c1-16-2-4-17(5-3-16)14-21(26)25-12-10-19(11-13-25)22(27)24-15-18-6-8-20(23)9-7-18/h2-9,19H,10-15H2,1H3,(H,24,27). The molecule has 1 heterocycles. The summed E-state index contributed by atoms with van der Waals surface area (Å²) in [5.74, 6) is 0.176. The van der Waals surface area contributed by atoms with E-state index >= 15 is 0 Å². The number of aryl methyl sites for hydroxylation is 1. The lowest BCUT2D eigenvalue weighted by atomic mass is 9.95. The summed E-state index contributed by atoms with van der Waals surface area (Å²) < 4.78 is 0. The van der Waals surface area contributed by atoms with Crippen LogP contribution in [-0.4, -0.2) is 29.8 Å². The number of amides is 2. The molecule has 1 aliphatic rings. The number of benzene rings is 2. The van der Waals surface area contributed by atoms with Crippen molar-refractivity contribution in [1.29, 1.82) is 0 Å². The number of rotatable bonds is 5. The minimum absolute atomic E-state index is 0.0271. The van der Waals surface area contributed by atoms with Crippen molar-refractivity contribution in [3.63, 3.8) is 0 Å². The summed E-state index contributed by atoms with van der Waals surface area (Å²) in [5, 5.41) is 3.68. The van der Waals surface area contributed by atoms with Crippen molar-refractivity contribution < 1.29 is 9.59 Å². The zero-order chi connectivity index (χ0) is 19.2. The SMILES string of the molecule is Cc1ccc(CC(=O)N2CCC(C(=O)NCc3ccc(Cl)cc3)CC2)cc1. The molecule has 0 radical (unpaired) electrons. The lowest BCUT2D eigenvalue weighted by molar-refractivity contribution is -0.135. The predicted molar refractivity (Wildman–Crippen MR) is 107 cm³/mol. The molecule has 142 valence electrons. The molecule has 0 saturated carbocycles. The Morgan fingerprint density at radius 1 is 1.00 bits per heavy atom. The minimum Gasteiger partial charge on any atom is -0.352 e. The number of likely N-dealkylation sites (tertiary alicyclic amines) is 1. The first kappa shape index (κ1) is 19.4. The molecule has 0 aliphatic carbocycles. The number of hydrogen-bond acceptors (Lipinski definition) is 2. The van der Waals surface area contributed by atoms with Gasteiger partial charge in [0, 0.05) is 30.6 Å². The van der Waals surface area contributed by atoms with Crippen molar-refractivity contribution in [3.05, 3.63) is 70.2 Å². The minimum atomic E-state index is -0.0271. The number of halogens is 1. The molecule has 0 spiro atoms. The fourth-order valence-corrected chi connectivity index (χ4v) is 3.45. The molecule has 4 nitrogen and oxygen atoms in total. The van der Waals surface area contributed by atoms with Gasteiger partial charge < -0.3 is 10.2 Å². The Bertz CT molecular complexity index is 779. The van der Waals surface area contributed by atoms with Gasteiger partial charge in [0.2, 0.25) is 11.8 Å². The van der Waals surface area contributed by atoms with E-state index in [-0.39, 0.29) is 17.7 Å². The van der Waals surface area contributed by atoms with Gasteiger partial charge in [-0.05, 0) is 43.0 Å². The molecule has 0 atom stereocenters. The molecule has 0 aromatic heterocycles. The summed E-state index contributed by atoms with van der Waals surface area (Å²) >= 11 is 5.87. The highest BCUT2D eigenvalue weighted by molar-refractivity contribution is 6.30. The van der Waals surface area contributed by atoms with E-state index < -0.39 is 0 Å². The van der Waals surface area contributed by atoms with E-state index in [2.05, 4.69) is 5.32 Å². The van der Waals surface area contributed by atoms with E-state index in [0.29, 0.717) is 43.9 Å². The Balaban J connectivity index is 1.43. The molecule has 1 N–H and O–H groups in total. The topological polar surface area (TPSA) is 49.4 Å². The molecule has 0 unspecified atom stereocenters. The summed E-state index contributed by atoms with van der Waals surface area (Å²) in [6.07, 6.45) is 1.85. The molecular weight excluding hydrogens is 360 g/mol. The van der Waals surface area contributed by atoms with Crippen LogP contribution in [0.5, 0.6) is 0 Å². The molecule has 0 bridgehead atoms. The van der Waals surface area contributed by atoms with Gasteiger partial charge in [0.05, 0.1) is 6.42 Å². The van der Waals surface area contributed by atoms with Crippen LogP contribution in [0.15, 0.2) is 48.5 Å². The maximum atomic E-state index is 12.5. The van der Waals surface area contributed by atoms with E-state index in [4.69, 9.17) is 11.6 Å². The van der Waals surface area contributed by atoms with Crippen molar-refractivity contribution in [3.8, 4) is 0 Å². The van der Waals surface area contributed by atoms with Crippen molar-refractivity contribution in [2.75, 3.05) is 13.1 Å². The van der Waals surface area contributed by atoms with Crippen molar-refractivity contribution >= 4 is 23.4 Å². The summed E-state index contributed by atoms with van der Waals surface area (Å²) in [6, 6.07) is 15.5. The maximum Gasteiger partial charge on any atom is 0.226 e. The van der Waals surface area contributed by atoms with E-state index in [1.807, 2.05) is 60.4 Å². The Hall–Kier alpha value is -2.33. The van der Waals surface area contributed by atoms with Gasteiger partial charge >= 0.3 is 0 Å². The van der Waals surface area contributed by atoms with Gasteiger partial charge in [0.15, 0.2) is 0 Å². The highest BCUT2D eigenvalue weighted by atomic mass is 35.5. The molecular formula is C22H25ClN2O2. The Morgan fingerprint density at radius 3 is 2.22 bits per heavy atom. The highest BCUT2D eigenvalue weighted by Gasteiger charge is 2.27. The molecule has 1 aliphatic heterocycles. The number of nitrogens with zero attached hydrogens (tertiary/aromatic N) is 1. The fraction of sp³-hybridized carbons (Fsp3) is 0.364. The van der Waals surface area contributed by atoms with E-state index in [1.165, 1.54) is 5.56 Å². The molecule has 1 fully saturated rings. The third kappa shape index (κ3) is 5.57. The maximum absolute atomic E-state index is 12.5. The van der Waals surface area contributed by atoms with Crippen LogP contribution in [0.25, 0.3) is 0 Å². The van der Waals surface area contributed by atoms with Crippen molar-refractivity contribution in [1.82, 2.24) is 10.2 Å². The molecule has 2 aromatic rings. The number of carbonyl (C=O) groups is 2. The van der Waals surface area contributed by atoms with Gasteiger partial charge in [-0.3, -0.25) is 9.59 Å². The van der Waals surface area contributed by atoms with Crippen LogP contribution in [0.2, 0.25) is 5.02 Å². The van der Waals surface area contributed by atoms with E-state index in [9.17, 15) is 9.59 Å². The lowest BCUT2D eigenvalue weighted by Crippen LogP contribution is -2.43. The van der Waals surface area contributed by atoms with Crippen LogP contribution in [-0.2, 0) is 22.6 Å². The quantitative estimate of drug-likeness (QED) is 0.853. The lowest BCUT2D eigenvalue weighted by Gasteiger charge is -2.31. The molecule has 27 heavy (non-hydrogen) atoms. The number of nitrogens with one attached hydrogen (secondary N) is 1. The summed E-state index contributed by atoms with van der Waals surface area (Å²) in [6.45, 7) is 3.82. The molecule has 2 amide bonds. The average Bonchev–Trinajstić information content (AvgIpc) is 2.69. The van der Waals surface area contributed by atoms with Crippen LogP contribution in [0.1, 0.15) is 29.5 Å². The first-order valence-electron chi connectivity index (χ1n) is 9.37. The predicted octanol–water partition coefficient (Wildman–Crippen LogP) is 3.75. The summed E-state index contributed by atoms with van der Waals surface area (Å²) in [7, 11) is 0. The zero-order valence-electron chi connectivity index (χ0n) is 15.6. The second-order valence-corrected chi connectivity index (χ2v) is 7.60. The van der Waals surface area contributed by atoms with Crippen LogP contribution in [0, 0.1) is 12.8 Å². The second kappa shape index (κ2) is 9.05.